The quantitative estimate of drug-likeness (QED) is 0.813. The number of allylic oxidation sites excluding steroid dienone is 2. The molecule has 1 saturated carbocycles. The molecule has 3 atom stereocenters. The Morgan fingerprint density at radius 3 is 2.35 bits per heavy atom. The number of amides is 1. The first kappa shape index (κ1) is 16.2. The third-order valence-electron chi connectivity index (χ3n) is 4.44. The molecule has 0 aliphatic heterocycles. The van der Waals surface area contributed by atoms with Crippen molar-refractivity contribution in [1.29, 1.82) is 0 Å². The Hall–Kier alpha value is -1.66. The zero-order valence-corrected chi connectivity index (χ0v) is 14.1. The van der Waals surface area contributed by atoms with Gasteiger partial charge in [0, 0.05) is 17.6 Å². The summed E-state index contributed by atoms with van der Waals surface area (Å²) in [7, 11) is -3.50. The second-order valence-corrected chi connectivity index (χ2v) is 8.39. The molecule has 1 fully saturated rings. The molecule has 5 nitrogen and oxygen atoms in total. The van der Waals surface area contributed by atoms with Crippen LogP contribution in [0.15, 0.2) is 41.3 Å². The molecule has 23 heavy (non-hydrogen) atoms. The number of carbonyl (C=O) groups is 1. The summed E-state index contributed by atoms with van der Waals surface area (Å²) >= 11 is 0. The van der Waals surface area contributed by atoms with Crippen LogP contribution in [0.3, 0.4) is 0 Å². The van der Waals surface area contributed by atoms with Crippen molar-refractivity contribution >= 4 is 21.6 Å². The predicted molar refractivity (Wildman–Crippen MR) is 89.4 cm³/mol. The van der Waals surface area contributed by atoms with Gasteiger partial charge in [-0.05, 0) is 62.8 Å². The minimum absolute atomic E-state index is 0.0257. The lowest BCUT2D eigenvalue weighted by atomic mass is 9.93. The summed E-state index contributed by atoms with van der Waals surface area (Å²) in [5.41, 5.74) is 0.630. The lowest BCUT2D eigenvalue weighted by Crippen LogP contribution is -2.30. The maximum atomic E-state index is 12.4. The number of anilines is 1. The number of hydrogen-bond acceptors (Lipinski definition) is 3. The van der Waals surface area contributed by atoms with Crippen LogP contribution >= 0.6 is 0 Å². The zero-order valence-electron chi connectivity index (χ0n) is 13.3. The summed E-state index contributed by atoms with van der Waals surface area (Å²) in [5.74, 6) is 0.967. The largest absolute Gasteiger partial charge is 0.326 e. The van der Waals surface area contributed by atoms with Gasteiger partial charge in [-0.3, -0.25) is 4.79 Å². The average molecular weight is 334 g/mol. The summed E-state index contributed by atoms with van der Waals surface area (Å²) in [4.78, 5) is 12.6. The Kier molecular flexibility index (Phi) is 4.29. The van der Waals surface area contributed by atoms with Crippen LogP contribution in [-0.4, -0.2) is 20.4 Å². The highest BCUT2D eigenvalue weighted by molar-refractivity contribution is 7.89. The highest BCUT2D eigenvalue weighted by Gasteiger charge is 2.39. The fourth-order valence-corrected chi connectivity index (χ4v) is 4.66. The second kappa shape index (κ2) is 6.09. The highest BCUT2D eigenvalue weighted by Crippen LogP contribution is 2.43. The Labute approximate surface area is 137 Å². The normalized spacial score (nSPS) is 26.0. The van der Waals surface area contributed by atoms with Crippen LogP contribution in [0.5, 0.6) is 0 Å². The summed E-state index contributed by atoms with van der Waals surface area (Å²) in [6, 6.07) is 6.14. The number of hydrogen-bond donors (Lipinski definition) is 2. The second-order valence-electron chi connectivity index (χ2n) is 6.68. The molecule has 124 valence electrons. The van der Waals surface area contributed by atoms with E-state index in [-0.39, 0.29) is 22.8 Å². The van der Waals surface area contributed by atoms with Crippen molar-refractivity contribution < 1.29 is 13.2 Å². The molecule has 0 unspecified atom stereocenters. The van der Waals surface area contributed by atoms with Crippen molar-refractivity contribution in [3.63, 3.8) is 0 Å². The molecule has 2 aliphatic carbocycles. The average Bonchev–Trinajstić information content (AvgIpc) is 3.09. The van der Waals surface area contributed by atoms with E-state index < -0.39 is 10.0 Å². The number of carbonyl (C=O) groups excluding carboxylic acids is 1. The topological polar surface area (TPSA) is 75.3 Å². The third kappa shape index (κ3) is 3.48. The molecular weight excluding hydrogens is 312 g/mol. The molecule has 0 saturated heterocycles. The first-order chi connectivity index (χ1) is 10.8. The van der Waals surface area contributed by atoms with Crippen molar-refractivity contribution in [3.8, 4) is 0 Å². The molecule has 0 radical (unpaired) electrons. The fraction of sp³-hybridized carbons (Fsp3) is 0.471. The van der Waals surface area contributed by atoms with Gasteiger partial charge < -0.3 is 5.32 Å². The lowest BCUT2D eigenvalue weighted by molar-refractivity contribution is -0.120. The van der Waals surface area contributed by atoms with Gasteiger partial charge in [0.15, 0.2) is 0 Å². The SMILES string of the molecule is CC(C)NS(=O)(=O)c1ccc(NC(=O)[C@@H]2C[C@H]3C=C[C@@H]2C3)cc1. The van der Waals surface area contributed by atoms with Crippen LogP contribution in [0.2, 0.25) is 0 Å². The summed E-state index contributed by atoms with van der Waals surface area (Å²) in [5, 5.41) is 2.90. The monoisotopic (exact) mass is 334 g/mol. The molecule has 1 amide bonds. The van der Waals surface area contributed by atoms with E-state index in [1.807, 2.05) is 0 Å². The molecule has 0 heterocycles. The van der Waals surface area contributed by atoms with Crippen LogP contribution in [0, 0.1) is 17.8 Å². The van der Waals surface area contributed by atoms with Gasteiger partial charge in [-0.1, -0.05) is 12.2 Å². The smallest absolute Gasteiger partial charge is 0.240 e. The standard InChI is InChI=1S/C17H22N2O3S/c1-11(2)19-23(21,22)15-7-5-14(6-8-15)18-17(20)16-10-12-3-4-13(16)9-12/h3-8,11-13,16,19H,9-10H2,1-2H3,(H,18,20)/t12-,13+,16+/m0/s1. The molecule has 2 N–H and O–H groups in total. The van der Waals surface area contributed by atoms with Crippen molar-refractivity contribution in [2.24, 2.45) is 17.8 Å². The van der Waals surface area contributed by atoms with Gasteiger partial charge in [-0.15, -0.1) is 0 Å². The van der Waals surface area contributed by atoms with Gasteiger partial charge >= 0.3 is 0 Å². The summed E-state index contributed by atoms with van der Waals surface area (Å²) in [6.07, 6.45) is 6.34. The van der Waals surface area contributed by atoms with Crippen molar-refractivity contribution in [2.45, 2.75) is 37.6 Å². The van der Waals surface area contributed by atoms with Gasteiger partial charge in [0.05, 0.1) is 4.90 Å². The minimum atomic E-state index is -3.50. The summed E-state index contributed by atoms with van der Waals surface area (Å²) < 4.78 is 26.7. The predicted octanol–water partition coefficient (Wildman–Crippen LogP) is 2.52. The molecule has 1 aromatic carbocycles. The van der Waals surface area contributed by atoms with Crippen molar-refractivity contribution in [1.82, 2.24) is 4.72 Å². The van der Waals surface area contributed by atoms with Crippen LogP contribution in [0.25, 0.3) is 0 Å². The van der Waals surface area contributed by atoms with Gasteiger partial charge in [-0.2, -0.15) is 0 Å². The van der Waals surface area contributed by atoms with E-state index >= 15 is 0 Å². The molecule has 2 bridgehead atoms. The van der Waals surface area contributed by atoms with E-state index in [1.165, 1.54) is 12.1 Å². The Morgan fingerprint density at radius 1 is 1.13 bits per heavy atom. The number of fused-ring (bicyclic) bond motifs is 2. The van der Waals surface area contributed by atoms with Gasteiger partial charge in [0.2, 0.25) is 15.9 Å². The van der Waals surface area contributed by atoms with Crippen molar-refractivity contribution in [2.75, 3.05) is 5.32 Å². The summed E-state index contributed by atoms with van der Waals surface area (Å²) in [6.45, 7) is 3.55. The van der Waals surface area contributed by atoms with Crippen LogP contribution in [-0.2, 0) is 14.8 Å². The maximum absolute atomic E-state index is 12.4. The van der Waals surface area contributed by atoms with E-state index in [1.54, 1.807) is 26.0 Å². The first-order valence-corrected chi connectivity index (χ1v) is 9.45. The molecule has 0 aromatic heterocycles. The number of sulfonamides is 1. The molecule has 2 aliphatic rings. The van der Waals surface area contributed by atoms with E-state index in [2.05, 4.69) is 22.2 Å². The Morgan fingerprint density at radius 2 is 1.83 bits per heavy atom. The Balaban J connectivity index is 1.66. The molecular formula is C17H22N2O3S. The van der Waals surface area contributed by atoms with Gasteiger partial charge in [0.25, 0.3) is 0 Å². The number of benzene rings is 1. The zero-order chi connectivity index (χ0) is 16.6. The van der Waals surface area contributed by atoms with Crippen molar-refractivity contribution in [3.05, 3.63) is 36.4 Å². The lowest BCUT2D eigenvalue weighted by Gasteiger charge is -2.17. The maximum Gasteiger partial charge on any atom is 0.240 e. The van der Waals surface area contributed by atoms with Gasteiger partial charge in [-0.25, -0.2) is 13.1 Å². The fourth-order valence-electron chi connectivity index (χ4n) is 3.41. The Bertz CT molecular complexity index is 723. The van der Waals surface area contributed by atoms with Gasteiger partial charge in [0.1, 0.15) is 0 Å². The van der Waals surface area contributed by atoms with E-state index in [4.69, 9.17) is 0 Å². The van der Waals surface area contributed by atoms with E-state index in [0.717, 1.165) is 12.8 Å². The number of nitrogens with one attached hydrogen (secondary N) is 2. The minimum Gasteiger partial charge on any atom is -0.326 e. The van der Waals surface area contributed by atoms with Crippen LogP contribution in [0.4, 0.5) is 5.69 Å². The number of rotatable bonds is 5. The van der Waals surface area contributed by atoms with E-state index in [0.29, 0.717) is 17.5 Å². The molecule has 6 heteroatoms. The third-order valence-corrected chi connectivity index (χ3v) is 6.11. The van der Waals surface area contributed by atoms with Crippen LogP contribution < -0.4 is 10.0 Å². The highest BCUT2D eigenvalue weighted by atomic mass is 32.2. The first-order valence-electron chi connectivity index (χ1n) is 7.97. The van der Waals surface area contributed by atoms with Crippen LogP contribution in [0.1, 0.15) is 26.7 Å². The molecule has 1 aromatic rings. The molecule has 3 rings (SSSR count). The molecule has 0 spiro atoms. The van der Waals surface area contributed by atoms with E-state index in [9.17, 15) is 13.2 Å².